The first-order valence-electron chi connectivity index (χ1n) is 16.0. The van der Waals surface area contributed by atoms with Gasteiger partial charge in [-0.25, -0.2) is 13.9 Å². The standard InChI is InChI=1S/C31H52F3N5O4SSi/c1-20(43-23-11-12-23)28(38-44(40)30(2,3)4)29-37-24-16-21(8-13-26(24)39(29)19-41-14-15-45(5,6)7)25(18-42-22-9-10-22)36-17-27(35)31(32,33)34/h8,13,16,20,22-23,25,27-28,36,38H,9-12,14-15,17-19,35H2,1-7H3/t20-,25-,27+,28+,44?/m1/s1. The first-order valence-corrected chi connectivity index (χ1v) is 20.9. The summed E-state index contributed by atoms with van der Waals surface area (Å²) in [4.78, 5) is 5.05. The van der Waals surface area contributed by atoms with E-state index >= 15 is 0 Å². The number of rotatable bonds is 18. The van der Waals surface area contributed by atoms with Crippen LogP contribution in [0.3, 0.4) is 0 Å². The Morgan fingerprint density at radius 2 is 1.80 bits per heavy atom. The molecule has 1 heterocycles. The van der Waals surface area contributed by atoms with Crippen LogP contribution in [0, 0.1) is 0 Å². The Kier molecular flexibility index (Phi) is 12.0. The maximum atomic E-state index is 13.4. The highest BCUT2D eigenvalue weighted by Gasteiger charge is 2.38. The van der Waals surface area contributed by atoms with Crippen molar-refractivity contribution in [3.8, 4) is 0 Å². The van der Waals surface area contributed by atoms with Crippen LogP contribution in [0.25, 0.3) is 11.0 Å². The molecule has 2 fully saturated rings. The third-order valence-electron chi connectivity index (χ3n) is 7.92. The summed E-state index contributed by atoms with van der Waals surface area (Å²) in [6.07, 6.45) is -0.636. The van der Waals surface area contributed by atoms with Crippen molar-refractivity contribution in [3.63, 3.8) is 0 Å². The molecule has 9 nitrogen and oxygen atoms in total. The van der Waals surface area contributed by atoms with Crippen molar-refractivity contribution in [3.05, 3.63) is 29.6 Å². The number of aromatic nitrogens is 2. The van der Waals surface area contributed by atoms with E-state index in [-0.39, 0.29) is 31.6 Å². The molecule has 2 aromatic rings. The quantitative estimate of drug-likeness (QED) is 0.137. The fourth-order valence-corrected chi connectivity index (χ4v) is 6.29. The Bertz CT molecular complexity index is 1290. The summed E-state index contributed by atoms with van der Waals surface area (Å²) in [5.41, 5.74) is 7.63. The number of imidazole rings is 1. The molecule has 4 N–H and O–H groups in total. The smallest absolute Gasteiger partial charge is 0.376 e. The van der Waals surface area contributed by atoms with Crippen LogP contribution in [0.2, 0.25) is 25.7 Å². The molecule has 1 unspecified atom stereocenters. The Morgan fingerprint density at radius 1 is 1.13 bits per heavy atom. The maximum absolute atomic E-state index is 13.4. The molecule has 0 saturated heterocycles. The number of nitrogens with zero attached hydrogens (tertiary/aromatic N) is 2. The van der Waals surface area contributed by atoms with Crippen LogP contribution in [0.15, 0.2) is 18.2 Å². The normalized spacial score (nSPS) is 19.9. The van der Waals surface area contributed by atoms with Crippen LogP contribution in [0.5, 0.6) is 0 Å². The number of fused-ring (bicyclic) bond motifs is 1. The van der Waals surface area contributed by atoms with E-state index in [2.05, 4.69) is 29.7 Å². The van der Waals surface area contributed by atoms with Gasteiger partial charge in [0.25, 0.3) is 0 Å². The zero-order valence-corrected chi connectivity index (χ0v) is 29.5. The van der Waals surface area contributed by atoms with Gasteiger partial charge >= 0.3 is 6.18 Å². The molecule has 14 heteroatoms. The van der Waals surface area contributed by atoms with Crippen molar-refractivity contribution in [2.45, 2.75) is 133 Å². The summed E-state index contributed by atoms with van der Waals surface area (Å²) in [6.45, 7) is 15.2. The van der Waals surface area contributed by atoms with Crippen molar-refractivity contribution >= 4 is 30.1 Å². The lowest BCUT2D eigenvalue weighted by molar-refractivity contribution is -0.147. The molecular weight excluding hydrogens is 624 g/mol. The van der Waals surface area contributed by atoms with Crippen molar-refractivity contribution < 1.29 is 31.6 Å². The minimum absolute atomic E-state index is 0.136. The monoisotopic (exact) mass is 675 g/mol. The van der Waals surface area contributed by atoms with E-state index in [1.54, 1.807) is 0 Å². The molecule has 0 aliphatic heterocycles. The average molecular weight is 676 g/mol. The van der Waals surface area contributed by atoms with Gasteiger partial charge in [-0.2, -0.15) is 13.2 Å². The molecule has 256 valence electrons. The van der Waals surface area contributed by atoms with E-state index in [9.17, 15) is 17.4 Å². The summed E-state index contributed by atoms with van der Waals surface area (Å²) in [5.74, 6) is 0.638. The van der Waals surface area contributed by atoms with E-state index < -0.39 is 54.7 Å². The van der Waals surface area contributed by atoms with Gasteiger partial charge in [0.05, 0.1) is 57.7 Å². The largest absolute Gasteiger partial charge is 0.404 e. The SMILES string of the molecule is C[C@@H](OC1CC1)[C@H](NS(=O)C(C)(C)C)c1nc2cc([C@@H](COC3CC3)NC[C@H](N)C(F)(F)F)ccc2n1COCC[Si](C)(C)C. The third kappa shape index (κ3) is 11.1. The van der Waals surface area contributed by atoms with Gasteiger partial charge in [0.2, 0.25) is 0 Å². The van der Waals surface area contributed by atoms with Crippen molar-refractivity contribution in [1.29, 1.82) is 0 Å². The molecule has 0 spiro atoms. The van der Waals surface area contributed by atoms with E-state index in [0.29, 0.717) is 17.9 Å². The van der Waals surface area contributed by atoms with Crippen LogP contribution in [0.1, 0.15) is 76.8 Å². The fourth-order valence-electron chi connectivity index (χ4n) is 4.65. The second-order valence-electron chi connectivity index (χ2n) is 14.7. The lowest BCUT2D eigenvalue weighted by atomic mass is 10.1. The molecule has 0 bridgehead atoms. The van der Waals surface area contributed by atoms with Gasteiger partial charge in [-0.3, -0.25) is 0 Å². The molecule has 0 radical (unpaired) electrons. The second-order valence-corrected chi connectivity index (χ2v) is 22.3. The number of alkyl halides is 3. The molecule has 2 aliphatic carbocycles. The number of nitrogens with one attached hydrogen (secondary N) is 2. The zero-order valence-electron chi connectivity index (χ0n) is 27.7. The first kappa shape index (κ1) is 36.4. The third-order valence-corrected chi connectivity index (χ3v) is 11.2. The zero-order chi connectivity index (χ0) is 33.2. The summed E-state index contributed by atoms with van der Waals surface area (Å²) in [6, 6.07) is 3.69. The van der Waals surface area contributed by atoms with Crippen molar-refractivity contribution in [2.24, 2.45) is 5.73 Å². The highest BCUT2D eigenvalue weighted by molar-refractivity contribution is 7.84. The van der Waals surface area contributed by atoms with Crippen LogP contribution < -0.4 is 15.8 Å². The van der Waals surface area contributed by atoms with E-state index in [1.807, 2.05) is 50.5 Å². The fraction of sp³-hybridized carbons (Fsp3) is 0.774. The summed E-state index contributed by atoms with van der Waals surface area (Å²) in [7, 11) is -2.73. The van der Waals surface area contributed by atoms with E-state index in [4.69, 9.17) is 24.9 Å². The van der Waals surface area contributed by atoms with Crippen LogP contribution in [0.4, 0.5) is 13.2 Å². The highest BCUT2D eigenvalue weighted by atomic mass is 32.2. The molecular formula is C31H52F3N5O4SSi. The van der Waals surface area contributed by atoms with Gasteiger partial charge < -0.3 is 29.8 Å². The predicted molar refractivity (Wildman–Crippen MR) is 175 cm³/mol. The van der Waals surface area contributed by atoms with Crippen LogP contribution in [-0.4, -0.2) is 76.9 Å². The van der Waals surface area contributed by atoms with Gasteiger partial charge in [-0.05, 0) is 77.1 Å². The topological polar surface area (TPSA) is 113 Å². The number of hydrogen-bond donors (Lipinski definition) is 3. The van der Waals surface area contributed by atoms with Crippen LogP contribution >= 0.6 is 0 Å². The maximum Gasteiger partial charge on any atom is 0.404 e. The van der Waals surface area contributed by atoms with Gasteiger partial charge in [0, 0.05) is 21.2 Å². The Labute approximate surface area is 269 Å². The Hall–Kier alpha value is -1.39. The predicted octanol–water partition coefficient (Wildman–Crippen LogP) is 5.71. The minimum Gasteiger partial charge on any atom is -0.376 e. The number of halogens is 3. The molecule has 5 atom stereocenters. The molecule has 2 aliphatic rings. The molecule has 1 aromatic heterocycles. The van der Waals surface area contributed by atoms with Crippen molar-refractivity contribution in [2.75, 3.05) is 19.8 Å². The van der Waals surface area contributed by atoms with Gasteiger partial charge in [0.1, 0.15) is 24.6 Å². The summed E-state index contributed by atoms with van der Waals surface area (Å²) >= 11 is 0. The Balaban J connectivity index is 1.69. The lowest BCUT2D eigenvalue weighted by Gasteiger charge is -2.28. The van der Waals surface area contributed by atoms with E-state index in [0.717, 1.165) is 42.8 Å². The summed E-state index contributed by atoms with van der Waals surface area (Å²) in [5, 5.41) is 2.98. The number of nitrogens with two attached hydrogens (primary N) is 1. The number of ether oxygens (including phenoxy) is 3. The Morgan fingerprint density at radius 3 is 2.38 bits per heavy atom. The molecule has 2 saturated carbocycles. The van der Waals surface area contributed by atoms with Crippen LogP contribution in [-0.2, 0) is 31.9 Å². The van der Waals surface area contributed by atoms with Gasteiger partial charge in [0.15, 0.2) is 0 Å². The van der Waals surface area contributed by atoms with E-state index in [1.165, 1.54) is 0 Å². The van der Waals surface area contributed by atoms with Crippen molar-refractivity contribution in [1.82, 2.24) is 19.6 Å². The first-order chi connectivity index (χ1) is 20.9. The molecule has 4 rings (SSSR count). The highest BCUT2D eigenvalue weighted by Crippen LogP contribution is 2.33. The minimum atomic E-state index is -4.50. The second kappa shape index (κ2) is 14.8. The lowest BCUT2D eigenvalue weighted by Crippen LogP contribution is -2.46. The molecule has 1 aromatic carbocycles. The molecule has 0 amide bonds. The number of hydrogen-bond acceptors (Lipinski definition) is 7. The molecule has 45 heavy (non-hydrogen) atoms. The number of benzene rings is 1. The van der Waals surface area contributed by atoms with Gasteiger partial charge in [-0.15, -0.1) is 0 Å². The average Bonchev–Trinajstić information content (AvgIpc) is 3.86. The summed E-state index contributed by atoms with van der Waals surface area (Å²) < 4.78 is 76.2. The van der Waals surface area contributed by atoms with Gasteiger partial charge in [-0.1, -0.05) is 25.7 Å².